The number of azo groups is 2. The highest BCUT2D eigenvalue weighted by molar-refractivity contribution is 7.94. The predicted octanol–water partition coefficient (Wildman–Crippen LogP) is 10.0. The molecule has 0 heterocycles. The van der Waals surface area contributed by atoms with E-state index in [4.69, 9.17) is 5.26 Å². The zero-order valence-electron chi connectivity index (χ0n) is 25.3. The van der Waals surface area contributed by atoms with Crippen LogP contribution >= 0.6 is 12.0 Å². The van der Waals surface area contributed by atoms with Crippen LogP contribution in [0.5, 0.6) is 11.5 Å². The number of hydrogen-bond donors (Lipinski definition) is 4. The second kappa shape index (κ2) is 14.2. The average Bonchev–Trinajstić information content (AvgIpc) is 3.10. The summed E-state index contributed by atoms with van der Waals surface area (Å²) < 4.78 is 37.8. The van der Waals surface area contributed by atoms with Crippen molar-refractivity contribution in [1.29, 1.82) is 0 Å². The van der Waals surface area contributed by atoms with E-state index in [0.29, 0.717) is 28.8 Å². The third kappa shape index (κ3) is 7.23. The molecule has 5 aromatic rings. The van der Waals surface area contributed by atoms with Gasteiger partial charge in [-0.1, -0.05) is 54.6 Å². The number of fused-ring (bicyclic) bond motifs is 1. The molecule has 12 nitrogen and oxygen atoms in total. The lowest BCUT2D eigenvalue weighted by molar-refractivity contribution is -0.432. The molecule has 1 aliphatic carbocycles. The minimum absolute atomic E-state index is 0.0221. The van der Waals surface area contributed by atoms with Gasteiger partial charge in [0.1, 0.15) is 17.2 Å². The van der Waals surface area contributed by atoms with E-state index in [2.05, 4.69) is 42.0 Å². The summed E-state index contributed by atoms with van der Waals surface area (Å²) in [5.74, 6) is -0.0635. The molecule has 246 valence electrons. The Kier molecular flexibility index (Phi) is 9.82. The first-order valence-corrected chi connectivity index (χ1v) is 17.1. The van der Waals surface area contributed by atoms with E-state index in [1.165, 1.54) is 30.2 Å². The summed E-state index contributed by atoms with van der Waals surface area (Å²) in [5, 5.41) is 50.3. The summed E-state index contributed by atoms with van der Waals surface area (Å²) in [4.78, 5) is -0.338. The van der Waals surface area contributed by atoms with Gasteiger partial charge in [-0.3, -0.25) is 4.55 Å². The van der Waals surface area contributed by atoms with Gasteiger partial charge in [-0.15, -0.1) is 9.45 Å². The Bertz CT molecular complexity index is 2080. The van der Waals surface area contributed by atoms with E-state index in [9.17, 15) is 23.2 Å². The van der Waals surface area contributed by atoms with Gasteiger partial charge in [-0.05, 0) is 96.1 Å². The fraction of sp³-hybridized carbons (Fsp3) is 0.176. The molecule has 0 bridgehead atoms. The van der Waals surface area contributed by atoms with Crippen molar-refractivity contribution >= 4 is 55.7 Å². The Balaban J connectivity index is 1.29. The maximum absolute atomic E-state index is 11.8. The second-order valence-corrected chi connectivity index (χ2v) is 13.5. The van der Waals surface area contributed by atoms with Gasteiger partial charge in [0.05, 0.1) is 38.9 Å². The summed E-state index contributed by atoms with van der Waals surface area (Å²) in [6.07, 6.45) is 5.32. The van der Waals surface area contributed by atoms with Crippen LogP contribution in [0.4, 0.5) is 22.7 Å². The van der Waals surface area contributed by atoms with Crippen molar-refractivity contribution in [2.75, 3.05) is 0 Å². The number of hydrogen-bond acceptors (Lipinski definition) is 12. The van der Waals surface area contributed by atoms with E-state index in [-0.39, 0.29) is 32.9 Å². The fourth-order valence-corrected chi connectivity index (χ4v) is 7.27. The van der Waals surface area contributed by atoms with Gasteiger partial charge < -0.3 is 10.2 Å². The van der Waals surface area contributed by atoms with Crippen molar-refractivity contribution in [3.05, 3.63) is 108 Å². The molecule has 1 aliphatic rings. The Hall–Kier alpha value is -4.70. The van der Waals surface area contributed by atoms with Crippen LogP contribution in [0.2, 0.25) is 0 Å². The van der Waals surface area contributed by atoms with Crippen molar-refractivity contribution in [3.63, 3.8) is 0 Å². The Labute approximate surface area is 280 Å². The molecule has 0 unspecified atom stereocenters. The van der Waals surface area contributed by atoms with Gasteiger partial charge in [0.15, 0.2) is 0 Å². The molecule has 0 spiro atoms. The number of phenolic OH excluding ortho intramolecular Hbond substituents is 2. The van der Waals surface area contributed by atoms with Crippen LogP contribution in [0.15, 0.2) is 127 Å². The van der Waals surface area contributed by atoms with Crippen molar-refractivity contribution < 1.29 is 37.8 Å². The predicted molar refractivity (Wildman–Crippen MR) is 179 cm³/mol. The quantitative estimate of drug-likeness (QED) is 0.0365. The van der Waals surface area contributed by atoms with Crippen LogP contribution in [0.25, 0.3) is 10.8 Å². The molecule has 14 heteroatoms. The lowest BCUT2D eigenvalue weighted by atomic mass is 9.65. The van der Waals surface area contributed by atoms with Crippen molar-refractivity contribution in [1.82, 2.24) is 0 Å². The second-order valence-electron chi connectivity index (χ2n) is 11.3. The monoisotopic (exact) mass is 686 g/mol. The SMILES string of the molecule is O=S(=O)(O)c1cc(SOOO)c2c(N=Nc3ccc(C4(c5ccc(N=Nc6ccc(O)cc6)cc5)CCCCC4)cc3)c(O)ccc2c1. The van der Waals surface area contributed by atoms with Gasteiger partial charge in [0, 0.05) is 10.8 Å². The molecule has 0 aliphatic heterocycles. The largest absolute Gasteiger partial charge is 0.508 e. The van der Waals surface area contributed by atoms with Gasteiger partial charge in [-0.25, -0.2) is 5.26 Å². The van der Waals surface area contributed by atoms with Crippen LogP contribution in [-0.2, 0) is 24.9 Å². The number of rotatable bonds is 10. The molecule has 48 heavy (non-hydrogen) atoms. The Morgan fingerprint density at radius 3 is 1.77 bits per heavy atom. The minimum Gasteiger partial charge on any atom is -0.508 e. The van der Waals surface area contributed by atoms with E-state index in [1.54, 1.807) is 24.3 Å². The first-order valence-electron chi connectivity index (χ1n) is 14.9. The number of benzene rings is 5. The summed E-state index contributed by atoms with van der Waals surface area (Å²) >= 11 is 0.463. The summed E-state index contributed by atoms with van der Waals surface area (Å²) in [6.45, 7) is 0. The number of phenols is 2. The maximum Gasteiger partial charge on any atom is 0.294 e. The molecule has 0 aromatic heterocycles. The molecule has 1 saturated carbocycles. The van der Waals surface area contributed by atoms with E-state index < -0.39 is 15.0 Å². The highest BCUT2D eigenvalue weighted by Crippen LogP contribution is 2.46. The Morgan fingerprint density at radius 1 is 0.688 bits per heavy atom. The smallest absolute Gasteiger partial charge is 0.294 e. The lowest BCUT2D eigenvalue weighted by Gasteiger charge is -2.38. The molecule has 5 aromatic carbocycles. The summed E-state index contributed by atoms with van der Waals surface area (Å²) in [7, 11) is -4.58. The van der Waals surface area contributed by atoms with E-state index >= 15 is 0 Å². The average molecular weight is 687 g/mol. The van der Waals surface area contributed by atoms with Crippen LogP contribution < -0.4 is 0 Å². The van der Waals surface area contributed by atoms with Crippen LogP contribution in [0.3, 0.4) is 0 Å². The fourth-order valence-electron chi connectivity index (χ4n) is 6.08. The maximum atomic E-state index is 11.8. The van der Waals surface area contributed by atoms with Gasteiger partial charge in [0.2, 0.25) is 0 Å². The molecular weight excluding hydrogens is 657 g/mol. The molecule has 0 amide bonds. The summed E-state index contributed by atoms with van der Waals surface area (Å²) in [5.41, 5.74) is 4.04. The Morgan fingerprint density at radius 2 is 1.23 bits per heavy atom. The van der Waals surface area contributed by atoms with E-state index in [1.807, 2.05) is 36.4 Å². The van der Waals surface area contributed by atoms with Crippen molar-refractivity contribution in [2.24, 2.45) is 20.5 Å². The van der Waals surface area contributed by atoms with Crippen LogP contribution in [-0.4, -0.2) is 28.4 Å². The molecule has 0 radical (unpaired) electrons. The standard InChI is InChI=1S/C34H30N4O8S2/c39-28-15-13-27(14-16-28)36-35-25-9-5-23(6-10-25)34(18-2-1-3-19-34)24-7-11-26(12-8-24)37-38-33-30(40)17-4-22-20-29(48(42,43)44)21-31(32(22)33)47-46-45-41/h4-17,20-21,39-41H,1-3,18-19H2,(H,42,43,44). The molecule has 0 atom stereocenters. The van der Waals surface area contributed by atoms with Crippen molar-refractivity contribution in [2.45, 2.75) is 47.3 Å². The number of aromatic hydroxyl groups is 2. The highest BCUT2D eigenvalue weighted by atomic mass is 32.2. The van der Waals surface area contributed by atoms with Crippen LogP contribution in [0, 0.1) is 0 Å². The molecule has 1 fully saturated rings. The topological polar surface area (TPSA) is 183 Å². The van der Waals surface area contributed by atoms with E-state index in [0.717, 1.165) is 43.0 Å². The van der Waals surface area contributed by atoms with Crippen molar-refractivity contribution in [3.8, 4) is 11.5 Å². The molecule has 0 saturated heterocycles. The third-order valence-electron chi connectivity index (χ3n) is 8.40. The summed E-state index contributed by atoms with van der Waals surface area (Å²) in [6, 6.07) is 27.5. The van der Waals surface area contributed by atoms with Crippen LogP contribution in [0.1, 0.15) is 43.2 Å². The first-order chi connectivity index (χ1) is 23.2. The molecule has 6 rings (SSSR count). The van der Waals surface area contributed by atoms with Gasteiger partial charge in [-0.2, -0.15) is 23.8 Å². The zero-order chi connectivity index (χ0) is 33.7. The first kappa shape index (κ1) is 33.2. The zero-order valence-corrected chi connectivity index (χ0v) is 26.9. The highest BCUT2D eigenvalue weighted by Gasteiger charge is 2.35. The molecule has 4 N–H and O–H groups in total. The normalized spacial score (nSPS) is 15.0. The van der Waals surface area contributed by atoms with Gasteiger partial charge in [0.25, 0.3) is 10.1 Å². The van der Waals surface area contributed by atoms with Gasteiger partial charge >= 0.3 is 0 Å². The molecular formula is C34H30N4O8S2. The third-order valence-corrected chi connectivity index (χ3v) is 9.86. The lowest BCUT2D eigenvalue weighted by Crippen LogP contribution is -2.30. The minimum atomic E-state index is -4.58. The number of nitrogens with zero attached hydrogens (tertiary/aromatic N) is 4.